The summed E-state index contributed by atoms with van der Waals surface area (Å²) in [7, 11) is 1.59. The van der Waals surface area contributed by atoms with E-state index in [1.165, 1.54) is 11.8 Å². The van der Waals surface area contributed by atoms with Crippen molar-refractivity contribution in [1.29, 1.82) is 0 Å². The lowest BCUT2D eigenvalue weighted by atomic mass is 10.2. The van der Waals surface area contributed by atoms with E-state index in [-0.39, 0.29) is 5.75 Å². The summed E-state index contributed by atoms with van der Waals surface area (Å²) >= 11 is 1.20. The molecule has 144 valence electrons. The van der Waals surface area contributed by atoms with Crippen LogP contribution in [0.1, 0.15) is 13.3 Å². The Morgan fingerprint density at radius 3 is 2.81 bits per heavy atom. The third-order valence-corrected chi connectivity index (χ3v) is 4.46. The summed E-state index contributed by atoms with van der Waals surface area (Å²) < 4.78 is 7.24. The molecule has 1 heterocycles. The largest absolute Gasteiger partial charge is 0.496 e. The minimum atomic E-state index is -0.496. The molecule has 0 radical (unpaired) electrons. The maximum absolute atomic E-state index is 11.9. The van der Waals surface area contributed by atoms with Crippen LogP contribution < -0.4 is 15.4 Å². The molecule has 1 aromatic heterocycles. The molecule has 0 aliphatic heterocycles. The molecule has 0 bridgehead atoms. The van der Waals surface area contributed by atoms with Crippen LogP contribution in [0, 0.1) is 0 Å². The smallest absolute Gasteiger partial charge is 0.321 e. The predicted octanol–water partition coefficient (Wildman–Crippen LogP) is 2.47. The fourth-order valence-electron chi connectivity index (χ4n) is 2.29. The Kier molecular flexibility index (Phi) is 7.87. The van der Waals surface area contributed by atoms with E-state index in [4.69, 9.17) is 4.74 Å². The van der Waals surface area contributed by atoms with E-state index in [0.29, 0.717) is 29.8 Å². The van der Waals surface area contributed by atoms with Crippen LogP contribution in [0.25, 0.3) is 11.4 Å². The molecule has 1 aromatic carbocycles. The predicted molar refractivity (Wildman–Crippen MR) is 105 cm³/mol. The van der Waals surface area contributed by atoms with E-state index < -0.39 is 11.9 Å². The van der Waals surface area contributed by atoms with Gasteiger partial charge in [0.05, 0.1) is 18.4 Å². The lowest BCUT2D eigenvalue weighted by molar-refractivity contribution is -0.117. The number of hydrogen-bond acceptors (Lipinski definition) is 6. The van der Waals surface area contributed by atoms with E-state index in [0.717, 1.165) is 12.0 Å². The van der Waals surface area contributed by atoms with Crippen LogP contribution in [0.15, 0.2) is 42.1 Å². The molecule has 0 aliphatic rings. The average Bonchev–Trinajstić information content (AvgIpc) is 3.07. The number of carbonyl (C=O) groups is 2. The first-order valence-corrected chi connectivity index (χ1v) is 9.47. The fourth-order valence-corrected chi connectivity index (χ4v) is 3.04. The number of amides is 3. The van der Waals surface area contributed by atoms with Gasteiger partial charge in [-0.05, 0) is 18.6 Å². The van der Waals surface area contributed by atoms with Crippen LogP contribution in [0.3, 0.4) is 0 Å². The van der Waals surface area contributed by atoms with Crippen molar-refractivity contribution in [2.24, 2.45) is 0 Å². The minimum Gasteiger partial charge on any atom is -0.496 e. The van der Waals surface area contributed by atoms with E-state index in [1.54, 1.807) is 13.2 Å². The van der Waals surface area contributed by atoms with Crippen molar-refractivity contribution in [3.8, 4) is 17.1 Å². The standard InChI is InChI=1S/C18H23N5O3S/c1-4-10-19-17(25)20-15(24)12-27-18-22-21-16(23(18)11-5-2)13-8-6-7-9-14(13)26-3/h5-9H,2,4,10-12H2,1,3H3,(H2,19,20,24,25). The van der Waals surface area contributed by atoms with Gasteiger partial charge in [0.25, 0.3) is 0 Å². The van der Waals surface area contributed by atoms with Gasteiger partial charge in [0.2, 0.25) is 5.91 Å². The van der Waals surface area contributed by atoms with Gasteiger partial charge in [0.1, 0.15) is 5.75 Å². The van der Waals surface area contributed by atoms with Gasteiger partial charge < -0.3 is 10.1 Å². The summed E-state index contributed by atoms with van der Waals surface area (Å²) in [6, 6.07) is 7.00. The molecule has 2 rings (SSSR count). The van der Waals surface area contributed by atoms with Gasteiger partial charge in [-0.25, -0.2) is 4.79 Å². The van der Waals surface area contributed by atoms with Gasteiger partial charge in [-0.15, -0.1) is 16.8 Å². The highest BCUT2D eigenvalue weighted by molar-refractivity contribution is 7.99. The van der Waals surface area contributed by atoms with E-state index in [9.17, 15) is 9.59 Å². The molecule has 2 aromatic rings. The Balaban J connectivity index is 2.12. The van der Waals surface area contributed by atoms with Gasteiger partial charge in [0.15, 0.2) is 11.0 Å². The molecule has 0 fully saturated rings. The third kappa shape index (κ3) is 5.58. The fraction of sp³-hybridized carbons (Fsp3) is 0.333. The van der Waals surface area contributed by atoms with E-state index >= 15 is 0 Å². The Morgan fingerprint density at radius 1 is 1.33 bits per heavy atom. The molecule has 8 nitrogen and oxygen atoms in total. The molecular formula is C18H23N5O3S. The number of hydrogen-bond donors (Lipinski definition) is 2. The Hall–Kier alpha value is -2.81. The maximum atomic E-state index is 11.9. The molecule has 9 heteroatoms. The molecule has 0 saturated carbocycles. The number of nitrogens with zero attached hydrogens (tertiary/aromatic N) is 3. The highest BCUT2D eigenvalue weighted by atomic mass is 32.2. The summed E-state index contributed by atoms with van der Waals surface area (Å²) in [6.07, 6.45) is 2.53. The van der Waals surface area contributed by atoms with Crippen molar-refractivity contribution in [3.63, 3.8) is 0 Å². The number of thioether (sulfide) groups is 1. The van der Waals surface area contributed by atoms with Crippen molar-refractivity contribution in [2.75, 3.05) is 19.4 Å². The zero-order valence-corrected chi connectivity index (χ0v) is 16.2. The van der Waals surface area contributed by atoms with Crippen molar-refractivity contribution < 1.29 is 14.3 Å². The Labute approximate surface area is 162 Å². The molecular weight excluding hydrogens is 366 g/mol. The number of ether oxygens (including phenoxy) is 1. The molecule has 0 saturated heterocycles. The van der Waals surface area contributed by atoms with Crippen LogP contribution in [0.5, 0.6) is 5.75 Å². The quantitative estimate of drug-likeness (QED) is 0.505. The van der Waals surface area contributed by atoms with Crippen molar-refractivity contribution in [2.45, 2.75) is 25.0 Å². The number of aromatic nitrogens is 3. The van der Waals surface area contributed by atoms with Gasteiger partial charge in [-0.2, -0.15) is 0 Å². The zero-order valence-electron chi connectivity index (χ0n) is 15.4. The Morgan fingerprint density at radius 2 is 2.11 bits per heavy atom. The summed E-state index contributed by atoms with van der Waals surface area (Å²) in [4.78, 5) is 23.5. The normalized spacial score (nSPS) is 10.3. The lowest BCUT2D eigenvalue weighted by Gasteiger charge is -2.10. The van der Waals surface area contributed by atoms with E-state index in [2.05, 4.69) is 27.4 Å². The second kappa shape index (κ2) is 10.4. The number of rotatable bonds is 9. The minimum absolute atomic E-state index is 0.0424. The number of carbonyl (C=O) groups excluding carboxylic acids is 2. The first-order valence-electron chi connectivity index (χ1n) is 8.48. The average molecular weight is 389 g/mol. The third-order valence-electron chi connectivity index (χ3n) is 3.50. The lowest BCUT2D eigenvalue weighted by Crippen LogP contribution is -2.40. The van der Waals surface area contributed by atoms with Crippen LogP contribution in [-0.2, 0) is 11.3 Å². The topological polar surface area (TPSA) is 98.1 Å². The van der Waals surface area contributed by atoms with Crippen molar-refractivity contribution >= 4 is 23.7 Å². The molecule has 0 aliphatic carbocycles. The molecule has 3 amide bonds. The number of allylic oxidation sites excluding steroid dienone is 1. The summed E-state index contributed by atoms with van der Waals surface area (Å²) in [5, 5.41) is 13.9. The van der Waals surface area contributed by atoms with Crippen LogP contribution >= 0.6 is 11.8 Å². The molecule has 27 heavy (non-hydrogen) atoms. The number of benzene rings is 1. The molecule has 0 spiro atoms. The number of urea groups is 1. The number of nitrogens with one attached hydrogen (secondary N) is 2. The first-order chi connectivity index (χ1) is 13.1. The number of methoxy groups -OCH3 is 1. The maximum Gasteiger partial charge on any atom is 0.321 e. The summed E-state index contributed by atoms with van der Waals surface area (Å²) in [5.74, 6) is 0.939. The first kappa shape index (κ1) is 20.5. The second-order valence-electron chi connectivity index (χ2n) is 5.50. The number of imide groups is 1. The highest BCUT2D eigenvalue weighted by Crippen LogP contribution is 2.30. The van der Waals surface area contributed by atoms with Crippen LogP contribution in [0.4, 0.5) is 4.79 Å². The summed E-state index contributed by atoms with van der Waals surface area (Å²) in [6.45, 7) is 6.69. The van der Waals surface area contributed by atoms with Gasteiger partial charge in [-0.3, -0.25) is 14.7 Å². The monoisotopic (exact) mass is 389 g/mol. The van der Waals surface area contributed by atoms with Crippen molar-refractivity contribution in [1.82, 2.24) is 25.4 Å². The van der Waals surface area contributed by atoms with Crippen molar-refractivity contribution in [3.05, 3.63) is 36.9 Å². The molecule has 0 atom stereocenters. The van der Waals surface area contributed by atoms with E-state index in [1.807, 2.05) is 35.8 Å². The van der Waals surface area contributed by atoms with Crippen LogP contribution in [-0.4, -0.2) is 46.1 Å². The van der Waals surface area contributed by atoms with Crippen LogP contribution in [0.2, 0.25) is 0 Å². The highest BCUT2D eigenvalue weighted by Gasteiger charge is 2.18. The molecule has 0 unspecified atom stereocenters. The second-order valence-corrected chi connectivity index (χ2v) is 6.44. The van der Waals surface area contributed by atoms with Gasteiger partial charge in [0, 0.05) is 13.1 Å². The molecule has 2 N–H and O–H groups in total. The van der Waals surface area contributed by atoms with Gasteiger partial charge in [-0.1, -0.05) is 36.9 Å². The summed E-state index contributed by atoms with van der Waals surface area (Å²) in [5.41, 5.74) is 0.796. The number of para-hydroxylation sites is 1. The van der Waals surface area contributed by atoms with Gasteiger partial charge >= 0.3 is 6.03 Å². The Bertz CT molecular complexity index is 806. The SMILES string of the molecule is C=CCn1c(SCC(=O)NC(=O)NCCC)nnc1-c1ccccc1OC. The zero-order chi connectivity index (χ0) is 19.6.